The van der Waals surface area contributed by atoms with Crippen molar-refractivity contribution in [3.63, 3.8) is 0 Å². The van der Waals surface area contributed by atoms with Crippen molar-refractivity contribution >= 4 is 0 Å². The van der Waals surface area contributed by atoms with Gasteiger partial charge in [-0.2, -0.15) is 0 Å². The molecule has 0 aromatic rings. The van der Waals surface area contributed by atoms with Gasteiger partial charge in [-0.05, 0) is 25.7 Å². The Labute approximate surface area is 85.7 Å². The van der Waals surface area contributed by atoms with Crippen LogP contribution in [0.2, 0.25) is 0 Å². The number of rotatable bonds is 1. The summed E-state index contributed by atoms with van der Waals surface area (Å²) in [6.45, 7) is 7.06. The van der Waals surface area contributed by atoms with E-state index in [1.165, 1.54) is 0 Å². The molecule has 2 saturated heterocycles. The topological polar surface area (TPSA) is 27.7 Å². The Hall–Kier alpha value is -0.120. The molecule has 5 atom stereocenters. The summed E-state index contributed by atoms with van der Waals surface area (Å²) >= 11 is 0. The summed E-state index contributed by atoms with van der Waals surface area (Å²) in [5, 5.41) is 0. The van der Waals surface area contributed by atoms with Gasteiger partial charge in [-0.15, -0.1) is 0 Å². The summed E-state index contributed by atoms with van der Waals surface area (Å²) in [7, 11) is 0. The van der Waals surface area contributed by atoms with Gasteiger partial charge in [0.1, 0.15) is 6.10 Å². The molecule has 3 heteroatoms. The Balaban J connectivity index is 2.00. The summed E-state index contributed by atoms with van der Waals surface area (Å²) in [5.41, 5.74) is 0. The highest BCUT2D eigenvalue weighted by atomic mass is 16.7. The van der Waals surface area contributed by atoms with Crippen molar-refractivity contribution in [3.05, 3.63) is 0 Å². The van der Waals surface area contributed by atoms with Gasteiger partial charge in [-0.1, -0.05) is 13.8 Å². The van der Waals surface area contributed by atoms with Crippen LogP contribution in [0.5, 0.6) is 0 Å². The summed E-state index contributed by atoms with van der Waals surface area (Å²) in [6.07, 6.45) is 2.92. The van der Waals surface area contributed by atoms with E-state index >= 15 is 0 Å². The molecule has 0 aromatic carbocycles. The monoisotopic (exact) mass is 200 g/mol. The number of hydrogen-bond acceptors (Lipinski definition) is 3. The van der Waals surface area contributed by atoms with Crippen molar-refractivity contribution in [2.45, 2.75) is 58.2 Å². The molecule has 3 nitrogen and oxygen atoms in total. The van der Waals surface area contributed by atoms with Crippen LogP contribution < -0.4 is 0 Å². The summed E-state index contributed by atoms with van der Waals surface area (Å²) < 4.78 is 17.1. The first-order valence-corrected chi connectivity index (χ1v) is 5.63. The zero-order chi connectivity index (χ0) is 10.1. The van der Waals surface area contributed by atoms with E-state index in [2.05, 4.69) is 13.8 Å². The van der Waals surface area contributed by atoms with Crippen molar-refractivity contribution in [1.82, 2.24) is 0 Å². The van der Waals surface area contributed by atoms with E-state index in [9.17, 15) is 0 Å². The SMILES string of the molecule is CCC1CC(C)[C@@H]2O[C@H](C)OCC2O1. The zero-order valence-electron chi connectivity index (χ0n) is 9.23. The van der Waals surface area contributed by atoms with Gasteiger partial charge >= 0.3 is 0 Å². The first-order valence-electron chi connectivity index (χ1n) is 5.63. The molecule has 0 aliphatic carbocycles. The third-order valence-corrected chi connectivity index (χ3v) is 3.23. The van der Waals surface area contributed by atoms with E-state index in [1.54, 1.807) is 0 Å². The second-order valence-corrected chi connectivity index (χ2v) is 4.42. The van der Waals surface area contributed by atoms with Crippen molar-refractivity contribution in [2.24, 2.45) is 5.92 Å². The molecule has 2 rings (SSSR count). The second kappa shape index (κ2) is 4.17. The molecule has 0 spiro atoms. The maximum absolute atomic E-state index is 5.91. The number of ether oxygens (including phenoxy) is 3. The fraction of sp³-hybridized carbons (Fsp3) is 1.00. The first-order chi connectivity index (χ1) is 6.70. The molecule has 2 fully saturated rings. The Morgan fingerprint density at radius 2 is 2.00 bits per heavy atom. The van der Waals surface area contributed by atoms with Crippen LogP contribution in [0.15, 0.2) is 0 Å². The summed E-state index contributed by atoms with van der Waals surface area (Å²) in [5.74, 6) is 0.588. The molecule has 2 aliphatic heterocycles. The predicted molar refractivity (Wildman–Crippen MR) is 53.0 cm³/mol. The standard InChI is InChI=1S/C11H20O3/c1-4-9-5-7(2)11-10(14-9)6-12-8(3)13-11/h7-11H,4-6H2,1-3H3/t7?,8-,9?,10?,11+/m1/s1. The van der Waals surface area contributed by atoms with E-state index < -0.39 is 0 Å². The quantitative estimate of drug-likeness (QED) is 0.647. The fourth-order valence-electron chi connectivity index (χ4n) is 2.41. The van der Waals surface area contributed by atoms with Gasteiger partial charge in [0.2, 0.25) is 0 Å². The lowest BCUT2D eigenvalue weighted by Crippen LogP contribution is -2.52. The van der Waals surface area contributed by atoms with E-state index in [-0.39, 0.29) is 18.5 Å². The van der Waals surface area contributed by atoms with Crippen molar-refractivity contribution in [3.8, 4) is 0 Å². The molecule has 14 heavy (non-hydrogen) atoms. The minimum Gasteiger partial charge on any atom is -0.370 e. The van der Waals surface area contributed by atoms with Crippen LogP contribution >= 0.6 is 0 Å². The number of fused-ring (bicyclic) bond motifs is 1. The van der Waals surface area contributed by atoms with E-state index in [1.807, 2.05) is 6.92 Å². The maximum Gasteiger partial charge on any atom is 0.155 e. The van der Waals surface area contributed by atoms with Gasteiger partial charge in [-0.25, -0.2) is 0 Å². The lowest BCUT2D eigenvalue weighted by Gasteiger charge is -2.44. The Kier molecular flexibility index (Phi) is 3.10. The predicted octanol–water partition coefficient (Wildman–Crippen LogP) is 1.95. The Morgan fingerprint density at radius 1 is 1.21 bits per heavy atom. The first kappa shape index (κ1) is 10.4. The normalized spacial score (nSPS) is 48.6. The third kappa shape index (κ3) is 1.95. The molecule has 0 saturated carbocycles. The zero-order valence-corrected chi connectivity index (χ0v) is 9.23. The van der Waals surface area contributed by atoms with Gasteiger partial charge in [0.25, 0.3) is 0 Å². The molecule has 3 unspecified atom stereocenters. The molecule has 2 aliphatic rings. The Morgan fingerprint density at radius 3 is 2.71 bits per heavy atom. The van der Waals surface area contributed by atoms with Crippen LogP contribution in [0.4, 0.5) is 0 Å². The lowest BCUT2D eigenvalue weighted by molar-refractivity contribution is -0.290. The minimum absolute atomic E-state index is 0.0690. The molecule has 0 N–H and O–H groups in total. The lowest BCUT2D eigenvalue weighted by atomic mass is 9.89. The molecule has 2 heterocycles. The molecule has 82 valence electrons. The largest absolute Gasteiger partial charge is 0.370 e. The van der Waals surface area contributed by atoms with Crippen molar-refractivity contribution in [1.29, 1.82) is 0 Å². The summed E-state index contributed by atoms with van der Waals surface area (Å²) in [4.78, 5) is 0. The third-order valence-electron chi connectivity index (χ3n) is 3.23. The molecule has 0 aromatic heterocycles. The van der Waals surface area contributed by atoms with Crippen LogP contribution in [-0.2, 0) is 14.2 Å². The minimum atomic E-state index is -0.0690. The van der Waals surface area contributed by atoms with E-state index in [0.29, 0.717) is 18.6 Å². The van der Waals surface area contributed by atoms with Crippen LogP contribution in [0.25, 0.3) is 0 Å². The van der Waals surface area contributed by atoms with Crippen molar-refractivity contribution < 1.29 is 14.2 Å². The highest BCUT2D eigenvalue weighted by Gasteiger charge is 2.40. The highest BCUT2D eigenvalue weighted by Crippen LogP contribution is 2.32. The van der Waals surface area contributed by atoms with Crippen LogP contribution in [0, 0.1) is 5.92 Å². The van der Waals surface area contributed by atoms with E-state index in [4.69, 9.17) is 14.2 Å². The summed E-state index contributed by atoms with van der Waals surface area (Å²) in [6, 6.07) is 0. The van der Waals surface area contributed by atoms with Crippen LogP contribution in [0.3, 0.4) is 0 Å². The van der Waals surface area contributed by atoms with Gasteiger partial charge in [0.15, 0.2) is 6.29 Å². The van der Waals surface area contributed by atoms with Gasteiger partial charge in [0, 0.05) is 0 Å². The fourth-order valence-corrected chi connectivity index (χ4v) is 2.41. The van der Waals surface area contributed by atoms with Crippen LogP contribution in [0.1, 0.15) is 33.6 Å². The second-order valence-electron chi connectivity index (χ2n) is 4.42. The Bertz CT molecular complexity index is 195. The molecule has 0 amide bonds. The average Bonchev–Trinajstić information content (AvgIpc) is 2.19. The van der Waals surface area contributed by atoms with Crippen molar-refractivity contribution in [2.75, 3.05) is 6.61 Å². The highest BCUT2D eigenvalue weighted by molar-refractivity contribution is 4.86. The number of hydrogen-bond donors (Lipinski definition) is 0. The molecular weight excluding hydrogens is 180 g/mol. The van der Waals surface area contributed by atoms with Gasteiger partial charge < -0.3 is 14.2 Å². The maximum atomic E-state index is 5.91. The van der Waals surface area contributed by atoms with Gasteiger partial charge in [-0.3, -0.25) is 0 Å². The van der Waals surface area contributed by atoms with Crippen LogP contribution in [-0.4, -0.2) is 31.2 Å². The molecular formula is C11H20O3. The average molecular weight is 200 g/mol. The smallest absolute Gasteiger partial charge is 0.155 e. The molecule has 0 bridgehead atoms. The molecule has 0 radical (unpaired) electrons. The van der Waals surface area contributed by atoms with E-state index in [0.717, 1.165) is 12.8 Å². The van der Waals surface area contributed by atoms with Gasteiger partial charge in [0.05, 0.1) is 18.8 Å².